The summed E-state index contributed by atoms with van der Waals surface area (Å²) >= 11 is 4.45. The Labute approximate surface area is 204 Å². The molecule has 0 amide bonds. The number of aryl methyl sites for hydroxylation is 5. The summed E-state index contributed by atoms with van der Waals surface area (Å²) in [6.07, 6.45) is 2.21. The molecule has 0 atom stereocenters. The van der Waals surface area contributed by atoms with Gasteiger partial charge in [-0.3, -0.25) is 9.59 Å². The van der Waals surface area contributed by atoms with Gasteiger partial charge in [-0.1, -0.05) is 0 Å². The molecule has 3 heterocycles. The van der Waals surface area contributed by atoms with Gasteiger partial charge in [0.15, 0.2) is 0 Å². The number of aliphatic hydroxyl groups excluding tert-OH is 1. The van der Waals surface area contributed by atoms with Crippen LogP contribution in [0.5, 0.6) is 0 Å². The van der Waals surface area contributed by atoms with Crippen LogP contribution in [-0.4, -0.2) is 45.7 Å². The normalized spacial score (nSPS) is 11.1. The Hall–Kier alpha value is -2.21. The van der Waals surface area contributed by atoms with Crippen molar-refractivity contribution in [3.05, 3.63) is 46.7 Å². The highest BCUT2D eigenvalue weighted by Gasteiger charge is 2.18. The highest BCUT2D eigenvalue weighted by molar-refractivity contribution is 7.12. The van der Waals surface area contributed by atoms with Crippen molar-refractivity contribution in [3.8, 4) is 0 Å². The van der Waals surface area contributed by atoms with Crippen LogP contribution in [0.25, 0.3) is 0 Å². The number of hydrogen-bond donors (Lipinski definition) is 1. The molecular formula is C22H27N3O5S3. The van der Waals surface area contributed by atoms with Gasteiger partial charge in [0.05, 0.1) is 47.0 Å². The van der Waals surface area contributed by atoms with Crippen LogP contribution in [0.3, 0.4) is 0 Å². The lowest BCUT2D eigenvalue weighted by molar-refractivity contribution is -0.144. The molecule has 8 nitrogen and oxygen atoms in total. The Balaban J connectivity index is 1.65. The summed E-state index contributed by atoms with van der Waals surface area (Å²) in [7, 11) is 1.36. The van der Waals surface area contributed by atoms with Crippen LogP contribution < -0.4 is 0 Å². The van der Waals surface area contributed by atoms with Crippen molar-refractivity contribution < 1.29 is 24.2 Å². The second-order valence-corrected chi connectivity index (χ2v) is 11.0. The Morgan fingerprint density at radius 1 is 0.818 bits per heavy atom. The number of aliphatic hydroxyl groups is 1. The maximum absolute atomic E-state index is 12.3. The zero-order chi connectivity index (χ0) is 24.0. The van der Waals surface area contributed by atoms with Crippen molar-refractivity contribution in [2.45, 2.75) is 59.5 Å². The van der Waals surface area contributed by atoms with E-state index < -0.39 is 0 Å². The van der Waals surface area contributed by atoms with Crippen molar-refractivity contribution in [1.29, 1.82) is 0 Å². The van der Waals surface area contributed by atoms with Gasteiger partial charge in [0, 0.05) is 34.1 Å². The number of ether oxygens (including phenoxy) is 2. The minimum Gasteiger partial charge on any atom is -0.469 e. The minimum absolute atomic E-state index is 0.0610. The fourth-order valence-corrected chi connectivity index (χ4v) is 6.25. The number of hydrogen-bond acceptors (Lipinski definition) is 11. The van der Waals surface area contributed by atoms with Crippen LogP contribution >= 0.6 is 34.0 Å². The first-order chi connectivity index (χ1) is 15.8. The highest BCUT2D eigenvalue weighted by Crippen LogP contribution is 2.25. The van der Waals surface area contributed by atoms with Crippen LogP contribution in [0.4, 0.5) is 0 Å². The van der Waals surface area contributed by atoms with Crippen molar-refractivity contribution in [2.75, 3.05) is 13.7 Å². The molecule has 0 unspecified atom stereocenters. The minimum atomic E-state index is -0.338. The zero-order valence-corrected chi connectivity index (χ0v) is 21.5. The molecule has 3 aromatic heterocycles. The average Bonchev–Trinajstić information content (AvgIpc) is 3.42. The molecule has 3 rings (SSSR count). The van der Waals surface area contributed by atoms with Crippen molar-refractivity contribution in [3.63, 3.8) is 0 Å². The quantitative estimate of drug-likeness (QED) is 0.392. The van der Waals surface area contributed by atoms with E-state index in [1.54, 1.807) is 11.3 Å². The molecule has 0 aliphatic rings. The average molecular weight is 510 g/mol. The summed E-state index contributed by atoms with van der Waals surface area (Å²) in [5.41, 5.74) is 2.59. The predicted octanol–water partition coefficient (Wildman–Crippen LogP) is 3.30. The molecule has 0 aliphatic carbocycles. The Morgan fingerprint density at radius 2 is 1.52 bits per heavy atom. The van der Waals surface area contributed by atoms with Gasteiger partial charge >= 0.3 is 11.9 Å². The van der Waals surface area contributed by atoms with E-state index in [0.717, 1.165) is 41.7 Å². The van der Waals surface area contributed by atoms with E-state index in [9.17, 15) is 14.7 Å². The Kier molecular flexibility index (Phi) is 9.07. The Morgan fingerprint density at radius 3 is 2.18 bits per heavy atom. The fourth-order valence-electron chi connectivity index (χ4n) is 3.25. The monoisotopic (exact) mass is 509 g/mol. The number of esters is 2. The van der Waals surface area contributed by atoms with Crippen LogP contribution in [-0.2, 0) is 57.8 Å². The van der Waals surface area contributed by atoms with E-state index >= 15 is 0 Å². The summed E-state index contributed by atoms with van der Waals surface area (Å²) in [5, 5.41) is 11.7. The van der Waals surface area contributed by atoms with E-state index in [1.165, 1.54) is 29.8 Å². The van der Waals surface area contributed by atoms with Crippen LogP contribution in [0.15, 0.2) is 0 Å². The molecule has 0 aliphatic heterocycles. The van der Waals surface area contributed by atoms with Crippen LogP contribution in [0, 0.1) is 20.8 Å². The van der Waals surface area contributed by atoms with E-state index in [1.807, 2.05) is 20.8 Å². The number of carbonyl (C=O) groups excluding carboxylic acids is 2. The molecule has 3 aromatic rings. The van der Waals surface area contributed by atoms with Crippen molar-refractivity contribution in [2.24, 2.45) is 0 Å². The first-order valence-corrected chi connectivity index (χ1v) is 12.9. The molecule has 11 heteroatoms. The smallest absolute Gasteiger partial charge is 0.311 e. The SMILES string of the molecule is COC(=O)Cc1sc(COC(=O)Cc2sc(C)nc2C)nc1CCc1nc(C)c(CCO)s1. The van der Waals surface area contributed by atoms with E-state index in [-0.39, 0.29) is 38.0 Å². The summed E-state index contributed by atoms with van der Waals surface area (Å²) in [6.45, 7) is 5.90. The maximum Gasteiger partial charge on any atom is 0.311 e. The lowest BCUT2D eigenvalue weighted by Gasteiger charge is -2.01. The number of methoxy groups -OCH3 is 1. The van der Waals surface area contributed by atoms with E-state index in [0.29, 0.717) is 24.3 Å². The third kappa shape index (κ3) is 7.13. The Bertz CT molecular complexity index is 1120. The number of aromatic nitrogens is 3. The van der Waals surface area contributed by atoms with Gasteiger partial charge in [0.1, 0.15) is 11.6 Å². The van der Waals surface area contributed by atoms with Crippen molar-refractivity contribution in [1.82, 2.24) is 15.0 Å². The molecule has 1 N–H and O–H groups in total. The first kappa shape index (κ1) is 25.4. The van der Waals surface area contributed by atoms with Gasteiger partial charge in [-0.05, 0) is 27.2 Å². The third-order valence-electron chi connectivity index (χ3n) is 4.87. The fraction of sp³-hybridized carbons (Fsp3) is 0.500. The summed E-state index contributed by atoms with van der Waals surface area (Å²) < 4.78 is 10.3. The van der Waals surface area contributed by atoms with Gasteiger partial charge in [-0.15, -0.1) is 34.0 Å². The van der Waals surface area contributed by atoms with Gasteiger partial charge < -0.3 is 14.6 Å². The molecule has 0 aromatic carbocycles. The van der Waals surface area contributed by atoms with E-state index in [4.69, 9.17) is 9.47 Å². The molecule has 33 heavy (non-hydrogen) atoms. The standard InChI is InChI=1S/C22H27N3O5S3/c1-12-16(7-8-26)32-19(24-12)6-5-15-18(10-21(27)29-4)33-20(25-15)11-30-22(28)9-17-13(2)23-14(3)31-17/h26H,5-11H2,1-4H3. The maximum atomic E-state index is 12.3. The summed E-state index contributed by atoms with van der Waals surface area (Å²) in [6, 6.07) is 0. The zero-order valence-electron chi connectivity index (χ0n) is 19.1. The number of carbonyl (C=O) groups is 2. The van der Waals surface area contributed by atoms with Gasteiger partial charge in [-0.2, -0.15) is 0 Å². The lowest BCUT2D eigenvalue weighted by Crippen LogP contribution is -2.08. The number of rotatable bonds is 11. The van der Waals surface area contributed by atoms with Crippen molar-refractivity contribution >= 4 is 45.9 Å². The third-order valence-corrected chi connectivity index (χ3v) is 8.29. The van der Waals surface area contributed by atoms with Crippen LogP contribution in [0.2, 0.25) is 0 Å². The topological polar surface area (TPSA) is 112 Å². The molecular weight excluding hydrogens is 482 g/mol. The molecule has 0 fully saturated rings. The number of thiazole rings is 3. The van der Waals surface area contributed by atoms with Gasteiger partial charge in [0.25, 0.3) is 0 Å². The summed E-state index contributed by atoms with van der Waals surface area (Å²) in [5.74, 6) is -0.669. The second-order valence-electron chi connectivity index (χ2n) is 7.40. The van der Waals surface area contributed by atoms with Crippen LogP contribution in [0.1, 0.15) is 46.7 Å². The highest BCUT2D eigenvalue weighted by atomic mass is 32.1. The molecule has 0 saturated heterocycles. The first-order valence-electron chi connectivity index (χ1n) is 10.5. The number of nitrogens with zero attached hydrogens (tertiary/aromatic N) is 3. The molecule has 0 radical (unpaired) electrons. The lowest BCUT2D eigenvalue weighted by atomic mass is 10.2. The molecule has 0 bridgehead atoms. The largest absolute Gasteiger partial charge is 0.469 e. The second kappa shape index (κ2) is 11.8. The molecule has 178 valence electrons. The van der Waals surface area contributed by atoms with Gasteiger partial charge in [-0.25, -0.2) is 15.0 Å². The van der Waals surface area contributed by atoms with E-state index in [2.05, 4.69) is 15.0 Å². The predicted molar refractivity (Wildman–Crippen MR) is 128 cm³/mol. The molecule has 0 spiro atoms. The summed E-state index contributed by atoms with van der Waals surface area (Å²) in [4.78, 5) is 40.5. The van der Waals surface area contributed by atoms with Gasteiger partial charge in [0.2, 0.25) is 0 Å². The molecule has 0 saturated carbocycles.